The second-order valence-corrected chi connectivity index (χ2v) is 13.3. The quantitative estimate of drug-likeness (QED) is 0.121. The molecule has 0 amide bonds. The van der Waals surface area contributed by atoms with E-state index in [2.05, 4.69) is 163 Å². The van der Waals surface area contributed by atoms with Crippen LogP contribution in [0.4, 0.5) is 0 Å². The standard InChI is InChI=1S/C50H35N3O/c1-51-50(44-20-11-21-47-48(44)45-32-43(28-29-46(45)54-47)42-19-10-18-41(31-42)36-14-6-3-7-15-36)53-49(39-26-24-38(25-27-39)35-12-4-2-5-13-35)52-33-34-22-23-37-16-8-9-17-40(37)30-34/h2-32H,1,33H2. The van der Waals surface area contributed by atoms with Gasteiger partial charge in [-0.2, -0.15) is 0 Å². The Hall–Kier alpha value is -7.17. The van der Waals surface area contributed by atoms with Gasteiger partial charge < -0.3 is 4.42 Å². The first-order chi connectivity index (χ1) is 26.7. The lowest BCUT2D eigenvalue weighted by Crippen LogP contribution is -2.06. The smallest absolute Gasteiger partial charge is 0.161 e. The Morgan fingerprint density at radius 2 is 1.07 bits per heavy atom. The first-order valence-electron chi connectivity index (χ1n) is 18.1. The van der Waals surface area contributed by atoms with Crippen LogP contribution in [0.5, 0.6) is 0 Å². The maximum absolute atomic E-state index is 6.41. The molecule has 0 fully saturated rings. The first kappa shape index (κ1) is 32.7. The summed E-state index contributed by atoms with van der Waals surface area (Å²) >= 11 is 0. The predicted molar refractivity (Wildman–Crippen MR) is 227 cm³/mol. The minimum Gasteiger partial charge on any atom is -0.456 e. The van der Waals surface area contributed by atoms with Gasteiger partial charge in [0.05, 0.1) is 6.54 Å². The van der Waals surface area contributed by atoms with E-state index in [-0.39, 0.29) is 0 Å². The molecule has 0 N–H and O–H groups in total. The highest BCUT2D eigenvalue weighted by molar-refractivity contribution is 6.22. The number of fused-ring (bicyclic) bond motifs is 4. The summed E-state index contributed by atoms with van der Waals surface area (Å²) in [4.78, 5) is 14.8. The number of amidine groups is 2. The van der Waals surface area contributed by atoms with E-state index < -0.39 is 0 Å². The van der Waals surface area contributed by atoms with Crippen LogP contribution in [-0.2, 0) is 6.54 Å². The number of aliphatic imine (C=N–C) groups is 3. The van der Waals surface area contributed by atoms with Crippen molar-refractivity contribution < 1.29 is 4.42 Å². The minimum absolute atomic E-state index is 0.457. The maximum Gasteiger partial charge on any atom is 0.161 e. The van der Waals surface area contributed by atoms with E-state index in [0.717, 1.165) is 60.9 Å². The summed E-state index contributed by atoms with van der Waals surface area (Å²) in [6.45, 7) is 4.46. The van der Waals surface area contributed by atoms with Crippen molar-refractivity contribution >= 4 is 51.1 Å². The Kier molecular flexibility index (Phi) is 8.76. The fourth-order valence-corrected chi connectivity index (χ4v) is 7.12. The van der Waals surface area contributed by atoms with Crippen LogP contribution in [0.25, 0.3) is 66.1 Å². The number of furan rings is 1. The largest absolute Gasteiger partial charge is 0.456 e. The summed E-state index contributed by atoms with van der Waals surface area (Å²) in [5.74, 6) is 1.05. The third kappa shape index (κ3) is 6.53. The zero-order valence-corrected chi connectivity index (χ0v) is 29.6. The van der Waals surface area contributed by atoms with Crippen LogP contribution in [0.15, 0.2) is 207 Å². The summed E-state index contributed by atoms with van der Waals surface area (Å²) < 4.78 is 6.41. The molecule has 0 saturated heterocycles. The molecule has 0 bridgehead atoms. The minimum atomic E-state index is 0.457. The average molecular weight is 694 g/mol. The van der Waals surface area contributed by atoms with Gasteiger partial charge in [0.25, 0.3) is 0 Å². The molecule has 4 heteroatoms. The number of rotatable bonds is 7. The highest BCUT2D eigenvalue weighted by Crippen LogP contribution is 2.36. The molecule has 0 aliphatic carbocycles. The van der Waals surface area contributed by atoms with E-state index in [9.17, 15) is 0 Å². The lowest BCUT2D eigenvalue weighted by molar-refractivity contribution is 0.669. The van der Waals surface area contributed by atoms with Gasteiger partial charge in [-0.05, 0) is 86.8 Å². The summed E-state index contributed by atoms with van der Waals surface area (Å²) in [7, 11) is 0. The molecule has 0 aliphatic rings. The van der Waals surface area contributed by atoms with E-state index in [1.54, 1.807) is 0 Å². The Bertz CT molecular complexity index is 2850. The van der Waals surface area contributed by atoms with Crippen LogP contribution >= 0.6 is 0 Å². The van der Waals surface area contributed by atoms with E-state index in [0.29, 0.717) is 18.2 Å². The lowest BCUT2D eigenvalue weighted by atomic mass is 9.97. The van der Waals surface area contributed by atoms with Crippen molar-refractivity contribution in [2.45, 2.75) is 6.54 Å². The van der Waals surface area contributed by atoms with Crippen LogP contribution < -0.4 is 0 Å². The SMILES string of the molecule is C=NC(=NC(=NCc1ccc2ccccc2c1)c1ccc(-c2ccccc2)cc1)c1cccc2oc3ccc(-c4cccc(-c5ccccc5)c4)cc3c12. The maximum atomic E-state index is 6.41. The molecule has 54 heavy (non-hydrogen) atoms. The Morgan fingerprint density at radius 1 is 0.463 bits per heavy atom. The third-order valence-corrected chi connectivity index (χ3v) is 9.88. The number of nitrogens with zero attached hydrogens (tertiary/aromatic N) is 3. The Morgan fingerprint density at radius 3 is 1.83 bits per heavy atom. The van der Waals surface area contributed by atoms with Crippen molar-refractivity contribution in [3.05, 3.63) is 205 Å². The molecule has 4 nitrogen and oxygen atoms in total. The van der Waals surface area contributed by atoms with Crippen molar-refractivity contribution in [2.75, 3.05) is 0 Å². The van der Waals surface area contributed by atoms with E-state index in [1.807, 2.05) is 36.4 Å². The number of benzene rings is 8. The fraction of sp³-hybridized carbons (Fsp3) is 0.0200. The van der Waals surface area contributed by atoms with Crippen LogP contribution in [0.2, 0.25) is 0 Å². The van der Waals surface area contributed by atoms with Crippen molar-refractivity contribution in [1.29, 1.82) is 0 Å². The summed E-state index contributed by atoms with van der Waals surface area (Å²) in [6, 6.07) is 65.1. The highest BCUT2D eigenvalue weighted by Gasteiger charge is 2.17. The van der Waals surface area contributed by atoms with Crippen LogP contribution in [-0.4, -0.2) is 18.4 Å². The van der Waals surface area contributed by atoms with Crippen molar-refractivity contribution in [3.8, 4) is 33.4 Å². The van der Waals surface area contributed by atoms with Gasteiger partial charge in [0, 0.05) is 21.9 Å². The zero-order chi connectivity index (χ0) is 36.3. The van der Waals surface area contributed by atoms with Gasteiger partial charge in [-0.25, -0.2) is 9.98 Å². The second kappa shape index (κ2) is 14.5. The highest BCUT2D eigenvalue weighted by atomic mass is 16.3. The third-order valence-electron chi connectivity index (χ3n) is 9.88. The molecule has 0 saturated carbocycles. The normalized spacial score (nSPS) is 12.1. The molecule has 0 atom stereocenters. The monoisotopic (exact) mass is 693 g/mol. The molecule has 0 unspecified atom stereocenters. The molecule has 0 spiro atoms. The van der Waals surface area contributed by atoms with Gasteiger partial charge in [-0.15, -0.1) is 0 Å². The molecule has 1 aromatic heterocycles. The van der Waals surface area contributed by atoms with Crippen molar-refractivity contribution in [3.63, 3.8) is 0 Å². The lowest BCUT2D eigenvalue weighted by Gasteiger charge is -2.09. The topological polar surface area (TPSA) is 50.2 Å². The molecule has 9 rings (SSSR count). The molecule has 9 aromatic rings. The molecule has 256 valence electrons. The molecule has 1 heterocycles. The number of hydrogen-bond donors (Lipinski definition) is 0. The van der Waals surface area contributed by atoms with Crippen molar-refractivity contribution in [1.82, 2.24) is 0 Å². The van der Waals surface area contributed by atoms with Gasteiger partial charge in [0.1, 0.15) is 11.2 Å². The van der Waals surface area contributed by atoms with Crippen molar-refractivity contribution in [2.24, 2.45) is 15.0 Å². The Balaban J connectivity index is 1.15. The summed E-state index contributed by atoms with van der Waals surface area (Å²) in [5.41, 5.74) is 11.2. The zero-order valence-electron chi connectivity index (χ0n) is 29.6. The van der Waals surface area contributed by atoms with E-state index in [1.165, 1.54) is 21.9 Å². The van der Waals surface area contributed by atoms with E-state index in [4.69, 9.17) is 14.4 Å². The molecule has 0 radical (unpaired) electrons. The van der Waals surface area contributed by atoms with E-state index >= 15 is 0 Å². The molecule has 0 aliphatic heterocycles. The van der Waals surface area contributed by atoms with Gasteiger partial charge >= 0.3 is 0 Å². The van der Waals surface area contributed by atoms with Crippen LogP contribution in [0.1, 0.15) is 16.7 Å². The summed E-state index contributed by atoms with van der Waals surface area (Å²) in [5, 5.41) is 4.31. The number of hydrogen-bond acceptors (Lipinski definition) is 2. The first-order valence-corrected chi connectivity index (χ1v) is 18.1. The Labute approximate surface area is 314 Å². The van der Waals surface area contributed by atoms with Gasteiger partial charge in [0.2, 0.25) is 0 Å². The van der Waals surface area contributed by atoms with Gasteiger partial charge in [0.15, 0.2) is 11.7 Å². The fourth-order valence-electron chi connectivity index (χ4n) is 7.12. The molecular formula is C50H35N3O. The van der Waals surface area contributed by atoms with Crippen LogP contribution in [0.3, 0.4) is 0 Å². The van der Waals surface area contributed by atoms with Crippen LogP contribution in [0, 0.1) is 0 Å². The summed E-state index contributed by atoms with van der Waals surface area (Å²) in [6.07, 6.45) is 0. The van der Waals surface area contributed by atoms with Gasteiger partial charge in [-0.3, -0.25) is 4.99 Å². The molecular weight excluding hydrogens is 659 g/mol. The second-order valence-electron chi connectivity index (χ2n) is 13.3. The van der Waals surface area contributed by atoms with Gasteiger partial charge in [-0.1, -0.05) is 158 Å². The molecule has 8 aromatic carbocycles. The average Bonchev–Trinajstić information content (AvgIpc) is 3.63. The predicted octanol–water partition coefficient (Wildman–Crippen LogP) is 12.8.